The van der Waals surface area contributed by atoms with E-state index in [1.54, 1.807) is 0 Å². The van der Waals surface area contributed by atoms with Crippen LogP contribution < -0.4 is 16.0 Å². The first-order valence-electron chi connectivity index (χ1n) is 9.93. The molecule has 2 aromatic carbocycles. The van der Waals surface area contributed by atoms with Gasteiger partial charge in [0, 0.05) is 23.6 Å². The number of carbonyl (C=O) groups is 1. The molecule has 0 spiro atoms. The van der Waals surface area contributed by atoms with Crippen LogP contribution in [0, 0.1) is 0 Å². The molecule has 144 valence electrons. The van der Waals surface area contributed by atoms with Gasteiger partial charge in [0.15, 0.2) is 0 Å². The first kappa shape index (κ1) is 19.3. The molecular weight excluding hydrogens is 334 g/mol. The molecule has 1 heterocycles. The number of anilines is 3. The zero-order chi connectivity index (χ0) is 19.6. The summed E-state index contributed by atoms with van der Waals surface area (Å²) in [5, 5.41) is 3.22. The molecule has 27 heavy (non-hydrogen) atoms. The molecule has 0 atom stereocenters. The number of nitrogens with two attached hydrogens (primary N) is 1. The van der Waals surface area contributed by atoms with E-state index in [-0.39, 0.29) is 5.91 Å². The van der Waals surface area contributed by atoms with Crippen molar-refractivity contribution in [3.8, 4) is 0 Å². The van der Waals surface area contributed by atoms with Crippen LogP contribution in [-0.2, 0) is 11.2 Å². The largest absolute Gasteiger partial charge is 0.398 e. The van der Waals surface area contributed by atoms with E-state index in [1.807, 2.05) is 12.1 Å². The van der Waals surface area contributed by atoms with Crippen LogP contribution >= 0.6 is 0 Å². The van der Waals surface area contributed by atoms with Crippen molar-refractivity contribution in [2.45, 2.75) is 52.4 Å². The molecule has 1 aliphatic heterocycles. The smallest absolute Gasteiger partial charge is 0.243 e. The van der Waals surface area contributed by atoms with Gasteiger partial charge < -0.3 is 16.0 Å². The highest BCUT2D eigenvalue weighted by Crippen LogP contribution is 2.33. The van der Waals surface area contributed by atoms with Gasteiger partial charge in [-0.1, -0.05) is 52.0 Å². The summed E-state index contributed by atoms with van der Waals surface area (Å²) in [5.74, 6) is 0.740. The normalized spacial score (nSPS) is 13.8. The zero-order valence-electron chi connectivity index (χ0n) is 16.9. The molecule has 2 aromatic rings. The van der Waals surface area contributed by atoms with Crippen molar-refractivity contribution in [1.82, 2.24) is 0 Å². The maximum Gasteiger partial charge on any atom is 0.243 e. The number of carbonyl (C=O) groups excluding carboxylic acids is 1. The molecule has 1 aliphatic rings. The molecule has 1 amide bonds. The van der Waals surface area contributed by atoms with E-state index < -0.39 is 0 Å². The van der Waals surface area contributed by atoms with Crippen molar-refractivity contribution >= 4 is 23.0 Å². The summed E-state index contributed by atoms with van der Waals surface area (Å²) in [6.45, 7) is 9.89. The fourth-order valence-electron chi connectivity index (χ4n) is 3.94. The second kappa shape index (κ2) is 8.03. The number of rotatable bonds is 5. The summed E-state index contributed by atoms with van der Waals surface area (Å²) in [5.41, 5.74) is 12.6. The summed E-state index contributed by atoms with van der Waals surface area (Å²) < 4.78 is 0. The summed E-state index contributed by atoms with van der Waals surface area (Å²) in [6, 6.07) is 12.3. The number of amides is 1. The third-order valence-electron chi connectivity index (χ3n) is 5.35. The van der Waals surface area contributed by atoms with Gasteiger partial charge in [-0.15, -0.1) is 0 Å². The number of nitrogen functional groups attached to an aromatic ring is 1. The number of hydrogen-bond donors (Lipinski definition) is 2. The molecule has 0 aliphatic carbocycles. The lowest BCUT2D eigenvalue weighted by molar-refractivity contribution is -0.115. The Morgan fingerprint density at radius 3 is 2.33 bits per heavy atom. The second-order valence-electron chi connectivity index (χ2n) is 8.04. The molecular formula is C23H31N3O. The quantitative estimate of drug-likeness (QED) is 0.740. The van der Waals surface area contributed by atoms with Crippen LogP contribution in [0.2, 0.25) is 0 Å². The number of fused-ring (bicyclic) bond motifs is 1. The number of nitrogens with zero attached hydrogens (tertiary/aromatic N) is 1. The van der Waals surface area contributed by atoms with Crippen LogP contribution in [0.1, 0.15) is 62.6 Å². The molecule has 0 bridgehead atoms. The zero-order valence-corrected chi connectivity index (χ0v) is 16.9. The Morgan fingerprint density at radius 1 is 1.07 bits per heavy atom. The van der Waals surface area contributed by atoms with Crippen molar-refractivity contribution in [3.63, 3.8) is 0 Å². The second-order valence-corrected chi connectivity index (χ2v) is 8.04. The monoisotopic (exact) mass is 365 g/mol. The standard InChI is InChI=1S/C23H31N3O/c1-15(2)17-8-5-9-18(16(3)4)23(17)25-22(27)14-26-13-7-10-19-20(24)11-6-12-21(19)26/h5-6,8-9,11-12,15-16H,7,10,13-14,24H2,1-4H3,(H,25,27). The Bertz CT molecular complexity index is 800. The lowest BCUT2D eigenvalue weighted by atomic mass is 9.92. The first-order valence-corrected chi connectivity index (χ1v) is 9.93. The Kier molecular flexibility index (Phi) is 5.73. The van der Waals surface area contributed by atoms with Gasteiger partial charge in [-0.2, -0.15) is 0 Å². The van der Waals surface area contributed by atoms with E-state index >= 15 is 0 Å². The number of para-hydroxylation sites is 1. The molecule has 4 heteroatoms. The van der Waals surface area contributed by atoms with Gasteiger partial charge >= 0.3 is 0 Å². The average Bonchev–Trinajstić information content (AvgIpc) is 2.62. The van der Waals surface area contributed by atoms with Crippen molar-refractivity contribution in [2.75, 3.05) is 29.0 Å². The van der Waals surface area contributed by atoms with Crippen LogP contribution in [0.5, 0.6) is 0 Å². The van der Waals surface area contributed by atoms with E-state index in [0.29, 0.717) is 18.4 Å². The van der Waals surface area contributed by atoms with Crippen LogP contribution in [-0.4, -0.2) is 19.0 Å². The number of hydrogen-bond acceptors (Lipinski definition) is 3. The van der Waals surface area contributed by atoms with E-state index in [1.165, 1.54) is 16.7 Å². The minimum Gasteiger partial charge on any atom is -0.398 e. The topological polar surface area (TPSA) is 58.4 Å². The lowest BCUT2D eigenvalue weighted by Gasteiger charge is -2.31. The van der Waals surface area contributed by atoms with Crippen molar-refractivity contribution in [1.29, 1.82) is 0 Å². The lowest BCUT2D eigenvalue weighted by Crippen LogP contribution is -2.37. The highest BCUT2D eigenvalue weighted by Gasteiger charge is 2.22. The van der Waals surface area contributed by atoms with Crippen molar-refractivity contribution in [2.24, 2.45) is 0 Å². The minimum absolute atomic E-state index is 0.0280. The molecule has 4 nitrogen and oxygen atoms in total. The highest BCUT2D eigenvalue weighted by atomic mass is 16.2. The third kappa shape index (κ3) is 4.10. The summed E-state index contributed by atoms with van der Waals surface area (Å²) >= 11 is 0. The van der Waals surface area contributed by atoms with Gasteiger partial charge in [0.2, 0.25) is 5.91 Å². The Labute approximate surface area is 162 Å². The van der Waals surface area contributed by atoms with Crippen molar-refractivity contribution in [3.05, 3.63) is 53.1 Å². The molecule has 0 aromatic heterocycles. The van der Waals surface area contributed by atoms with Gasteiger partial charge in [0.1, 0.15) is 0 Å². The number of benzene rings is 2. The predicted octanol–water partition coefficient (Wildman–Crippen LogP) is 4.91. The molecule has 0 unspecified atom stereocenters. The van der Waals surface area contributed by atoms with Crippen LogP contribution in [0.4, 0.5) is 17.1 Å². The van der Waals surface area contributed by atoms with Crippen LogP contribution in [0.15, 0.2) is 36.4 Å². The third-order valence-corrected chi connectivity index (χ3v) is 5.35. The average molecular weight is 366 g/mol. The van der Waals surface area contributed by atoms with E-state index in [0.717, 1.165) is 36.4 Å². The number of nitrogens with one attached hydrogen (secondary N) is 1. The molecule has 3 rings (SSSR count). The van der Waals surface area contributed by atoms with Gasteiger partial charge in [0.05, 0.1) is 6.54 Å². The van der Waals surface area contributed by atoms with Gasteiger partial charge in [-0.05, 0) is 53.5 Å². The summed E-state index contributed by atoms with van der Waals surface area (Å²) in [4.78, 5) is 15.1. The molecule has 0 saturated carbocycles. The predicted molar refractivity (Wildman–Crippen MR) is 115 cm³/mol. The van der Waals surface area contributed by atoms with Gasteiger partial charge in [-0.25, -0.2) is 0 Å². The first-order chi connectivity index (χ1) is 12.9. The van der Waals surface area contributed by atoms with Crippen LogP contribution in [0.25, 0.3) is 0 Å². The SMILES string of the molecule is CC(C)c1cccc(C(C)C)c1NC(=O)CN1CCCc2c(N)cccc21. The minimum atomic E-state index is 0.0280. The van der Waals surface area contributed by atoms with E-state index in [2.05, 4.69) is 62.2 Å². The Balaban J connectivity index is 1.83. The Morgan fingerprint density at radius 2 is 1.70 bits per heavy atom. The fraction of sp³-hybridized carbons (Fsp3) is 0.435. The molecule has 0 fully saturated rings. The van der Waals surface area contributed by atoms with Gasteiger partial charge in [-0.3, -0.25) is 4.79 Å². The van der Waals surface area contributed by atoms with Crippen molar-refractivity contribution < 1.29 is 4.79 Å². The molecule has 3 N–H and O–H groups in total. The fourth-order valence-corrected chi connectivity index (χ4v) is 3.94. The van der Waals surface area contributed by atoms with E-state index in [4.69, 9.17) is 5.73 Å². The van der Waals surface area contributed by atoms with Gasteiger partial charge in [0.25, 0.3) is 0 Å². The Hall–Kier alpha value is -2.49. The highest BCUT2D eigenvalue weighted by molar-refractivity contribution is 5.96. The summed E-state index contributed by atoms with van der Waals surface area (Å²) in [6.07, 6.45) is 2.00. The summed E-state index contributed by atoms with van der Waals surface area (Å²) in [7, 11) is 0. The maximum atomic E-state index is 12.9. The van der Waals surface area contributed by atoms with Crippen LogP contribution in [0.3, 0.4) is 0 Å². The molecule has 0 radical (unpaired) electrons. The maximum absolute atomic E-state index is 12.9. The molecule has 0 saturated heterocycles. The van der Waals surface area contributed by atoms with E-state index in [9.17, 15) is 4.79 Å².